The molecular weight excluding hydrogens is 384 g/mol. The summed E-state index contributed by atoms with van der Waals surface area (Å²) in [5.41, 5.74) is 3.92. The van der Waals surface area contributed by atoms with E-state index in [1.165, 1.54) is 6.92 Å². The van der Waals surface area contributed by atoms with Crippen molar-refractivity contribution in [3.8, 4) is 11.1 Å². The van der Waals surface area contributed by atoms with E-state index in [1.54, 1.807) is 24.3 Å². The fourth-order valence-corrected chi connectivity index (χ4v) is 4.21. The van der Waals surface area contributed by atoms with Crippen LogP contribution in [0.5, 0.6) is 0 Å². The van der Waals surface area contributed by atoms with Crippen molar-refractivity contribution in [2.75, 3.05) is 0 Å². The van der Waals surface area contributed by atoms with E-state index in [2.05, 4.69) is 10.0 Å². The second-order valence-electron chi connectivity index (χ2n) is 6.88. The van der Waals surface area contributed by atoms with Crippen LogP contribution in [-0.2, 0) is 21.4 Å². The molecule has 3 aromatic rings. The van der Waals surface area contributed by atoms with Crippen molar-refractivity contribution in [2.24, 2.45) is 0 Å². The molecule has 0 saturated carbocycles. The summed E-state index contributed by atoms with van der Waals surface area (Å²) in [6.07, 6.45) is 0. The average molecular weight is 409 g/mol. The van der Waals surface area contributed by atoms with E-state index in [9.17, 15) is 13.2 Å². The predicted molar refractivity (Wildman–Crippen MR) is 115 cm³/mol. The zero-order valence-electron chi connectivity index (χ0n) is 16.4. The highest BCUT2D eigenvalue weighted by molar-refractivity contribution is 7.89. The van der Waals surface area contributed by atoms with E-state index in [0.717, 1.165) is 22.3 Å². The van der Waals surface area contributed by atoms with Gasteiger partial charge in [-0.15, -0.1) is 0 Å². The molecule has 0 aliphatic heterocycles. The molecule has 1 atom stereocenters. The number of rotatable bonds is 7. The minimum atomic E-state index is -3.66. The summed E-state index contributed by atoms with van der Waals surface area (Å²) in [6.45, 7) is 3.63. The lowest BCUT2D eigenvalue weighted by molar-refractivity contribution is -0.119. The Kier molecular flexibility index (Phi) is 6.46. The third-order valence-corrected chi connectivity index (χ3v) is 6.18. The smallest absolute Gasteiger partial charge is 0.241 e. The summed E-state index contributed by atoms with van der Waals surface area (Å²) in [5, 5.41) is 2.69. The minimum Gasteiger partial charge on any atom is -0.352 e. The Labute approximate surface area is 171 Å². The van der Waals surface area contributed by atoms with Gasteiger partial charge in [0, 0.05) is 19.5 Å². The van der Waals surface area contributed by atoms with Crippen molar-refractivity contribution in [1.29, 1.82) is 0 Å². The lowest BCUT2D eigenvalue weighted by Crippen LogP contribution is -2.27. The van der Waals surface area contributed by atoms with Crippen LogP contribution >= 0.6 is 0 Å². The van der Waals surface area contributed by atoms with E-state index in [4.69, 9.17) is 0 Å². The van der Waals surface area contributed by atoms with Crippen molar-refractivity contribution in [1.82, 2.24) is 10.0 Å². The average Bonchev–Trinajstić information content (AvgIpc) is 2.73. The normalized spacial score (nSPS) is 12.3. The summed E-state index contributed by atoms with van der Waals surface area (Å²) in [5.74, 6) is -0.129. The highest BCUT2D eigenvalue weighted by Crippen LogP contribution is 2.23. The molecule has 6 heteroatoms. The van der Waals surface area contributed by atoms with E-state index in [-0.39, 0.29) is 16.8 Å². The zero-order chi connectivity index (χ0) is 20.9. The molecule has 2 N–H and O–H groups in total. The SMILES string of the molecule is CC(=O)NCc1ccc(S(=O)(=O)N[C@@H](C)c2ccc(-c3ccccc3)cc2)cc1. The van der Waals surface area contributed by atoms with Crippen LogP contribution < -0.4 is 10.0 Å². The standard InChI is InChI=1S/C23H24N2O3S/c1-17(20-10-12-22(13-11-20)21-6-4-3-5-7-21)25-29(27,28)23-14-8-19(9-15-23)16-24-18(2)26/h3-15,17,25H,16H2,1-2H3,(H,24,26)/t17-/m0/s1. The van der Waals surface area contributed by atoms with Gasteiger partial charge in [0.25, 0.3) is 0 Å². The fourth-order valence-electron chi connectivity index (χ4n) is 2.98. The van der Waals surface area contributed by atoms with Gasteiger partial charge >= 0.3 is 0 Å². The van der Waals surface area contributed by atoms with Crippen LogP contribution in [0, 0.1) is 0 Å². The van der Waals surface area contributed by atoms with E-state index >= 15 is 0 Å². The highest BCUT2D eigenvalue weighted by atomic mass is 32.2. The van der Waals surface area contributed by atoms with Crippen LogP contribution in [0.2, 0.25) is 0 Å². The number of hydrogen-bond acceptors (Lipinski definition) is 3. The second-order valence-corrected chi connectivity index (χ2v) is 8.60. The molecule has 0 aromatic heterocycles. The molecule has 0 unspecified atom stereocenters. The largest absolute Gasteiger partial charge is 0.352 e. The second kappa shape index (κ2) is 9.03. The first kappa shape index (κ1) is 20.8. The van der Waals surface area contributed by atoms with Crippen LogP contribution in [0.25, 0.3) is 11.1 Å². The molecule has 0 bridgehead atoms. The lowest BCUT2D eigenvalue weighted by atomic mass is 10.0. The van der Waals surface area contributed by atoms with E-state index in [1.807, 2.05) is 61.5 Å². The molecule has 3 rings (SSSR count). The van der Waals surface area contributed by atoms with Crippen LogP contribution in [-0.4, -0.2) is 14.3 Å². The van der Waals surface area contributed by atoms with Crippen molar-refractivity contribution >= 4 is 15.9 Å². The zero-order valence-corrected chi connectivity index (χ0v) is 17.2. The number of carbonyl (C=O) groups is 1. The van der Waals surface area contributed by atoms with Gasteiger partial charge in [0.1, 0.15) is 0 Å². The Morgan fingerprint density at radius 3 is 2.03 bits per heavy atom. The van der Waals surface area contributed by atoms with Gasteiger partial charge in [-0.3, -0.25) is 4.79 Å². The third-order valence-electron chi connectivity index (χ3n) is 4.62. The number of carbonyl (C=O) groups excluding carboxylic acids is 1. The molecular formula is C23H24N2O3S. The summed E-state index contributed by atoms with van der Waals surface area (Å²) in [7, 11) is -3.66. The molecule has 0 fully saturated rings. The molecule has 0 aliphatic carbocycles. The fraction of sp³-hybridized carbons (Fsp3) is 0.174. The van der Waals surface area contributed by atoms with Crippen molar-refractivity contribution in [3.05, 3.63) is 90.0 Å². The Morgan fingerprint density at radius 1 is 0.862 bits per heavy atom. The Morgan fingerprint density at radius 2 is 1.45 bits per heavy atom. The lowest BCUT2D eigenvalue weighted by Gasteiger charge is -2.15. The molecule has 3 aromatic carbocycles. The molecule has 0 aliphatic rings. The van der Waals surface area contributed by atoms with Crippen LogP contribution in [0.15, 0.2) is 83.8 Å². The number of nitrogens with one attached hydrogen (secondary N) is 2. The van der Waals surface area contributed by atoms with Gasteiger partial charge in [0.05, 0.1) is 4.90 Å². The van der Waals surface area contributed by atoms with Crippen molar-refractivity contribution in [2.45, 2.75) is 31.3 Å². The van der Waals surface area contributed by atoms with Crippen LogP contribution in [0.1, 0.15) is 31.0 Å². The molecule has 0 saturated heterocycles. The number of benzene rings is 3. The first-order valence-electron chi connectivity index (χ1n) is 9.36. The summed E-state index contributed by atoms with van der Waals surface area (Å²) in [6, 6.07) is 24.0. The summed E-state index contributed by atoms with van der Waals surface area (Å²) < 4.78 is 28.1. The highest BCUT2D eigenvalue weighted by Gasteiger charge is 2.18. The molecule has 1 amide bonds. The predicted octanol–water partition coefficient (Wildman–Crippen LogP) is 4.03. The Hall–Kier alpha value is -2.96. The van der Waals surface area contributed by atoms with Gasteiger partial charge < -0.3 is 5.32 Å². The van der Waals surface area contributed by atoms with Gasteiger partial charge in [-0.05, 0) is 41.3 Å². The number of hydrogen-bond donors (Lipinski definition) is 2. The summed E-state index contributed by atoms with van der Waals surface area (Å²) in [4.78, 5) is 11.2. The van der Waals surface area contributed by atoms with Crippen molar-refractivity contribution < 1.29 is 13.2 Å². The van der Waals surface area contributed by atoms with E-state index < -0.39 is 10.0 Å². The van der Waals surface area contributed by atoms with Crippen LogP contribution in [0.3, 0.4) is 0 Å². The first-order chi connectivity index (χ1) is 13.8. The Bertz CT molecular complexity index is 1060. The number of amides is 1. The van der Waals surface area contributed by atoms with Crippen LogP contribution in [0.4, 0.5) is 0 Å². The topological polar surface area (TPSA) is 75.3 Å². The first-order valence-corrected chi connectivity index (χ1v) is 10.8. The maximum atomic E-state index is 12.7. The van der Waals surface area contributed by atoms with Crippen molar-refractivity contribution in [3.63, 3.8) is 0 Å². The van der Waals surface area contributed by atoms with Gasteiger partial charge in [0.2, 0.25) is 15.9 Å². The molecule has 0 radical (unpaired) electrons. The molecule has 29 heavy (non-hydrogen) atoms. The summed E-state index contributed by atoms with van der Waals surface area (Å²) >= 11 is 0. The van der Waals surface area contributed by atoms with Gasteiger partial charge in [-0.2, -0.15) is 0 Å². The maximum absolute atomic E-state index is 12.7. The minimum absolute atomic E-state index is 0.129. The van der Waals surface area contributed by atoms with Gasteiger partial charge in [-0.25, -0.2) is 13.1 Å². The van der Waals surface area contributed by atoms with Gasteiger partial charge in [-0.1, -0.05) is 66.7 Å². The van der Waals surface area contributed by atoms with E-state index in [0.29, 0.717) is 6.54 Å². The quantitative estimate of drug-likeness (QED) is 0.620. The molecule has 5 nitrogen and oxygen atoms in total. The third kappa shape index (κ3) is 5.53. The maximum Gasteiger partial charge on any atom is 0.241 e. The monoisotopic (exact) mass is 408 g/mol. The number of sulfonamides is 1. The molecule has 150 valence electrons. The molecule has 0 spiro atoms. The Balaban J connectivity index is 1.69. The molecule has 0 heterocycles. The van der Waals surface area contributed by atoms with Gasteiger partial charge in [0.15, 0.2) is 0 Å².